The number of amides is 1. The molecule has 0 saturated carbocycles. The SMILES string of the molecule is CC(N)C(C)C(=O)NC(Cc1ccccc1)c1ccccc1. The van der Waals surface area contributed by atoms with Crippen LogP contribution >= 0.6 is 0 Å². The zero-order chi connectivity index (χ0) is 15.9. The number of hydrogen-bond acceptors (Lipinski definition) is 2. The van der Waals surface area contributed by atoms with Crippen molar-refractivity contribution in [3.8, 4) is 0 Å². The minimum atomic E-state index is -0.206. The fourth-order valence-corrected chi connectivity index (χ4v) is 2.33. The highest BCUT2D eigenvalue weighted by molar-refractivity contribution is 5.79. The lowest BCUT2D eigenvalue weighted by atomic mass is 9.97. The number of carbonyl (C=O) groups is 1. The summed E-state index contributed by atoms with van der Waals surface area (Å²) < 4.78 is 0. The summed E-state index contributed by atoms with van der Waals surface area (Å²) in [6.45, 7) is 3.73. The smallest absolute Gasteiger partial charge is 0.224 e. The van der Waals surface area contributed by atoms with Crippen molar-refractivity contribution < 1.29 is 4.79 Å². The second-order valence-corrected chi connectivity index (χ2v) is 5.81. The molecule has 0 spiro atoms. The van der Waals surface area contributed by atoms with Crippen LogP contribution in [0, 0.1) is 5.92 Å². The third-order valence-corrected chi connectivity index (χ3v) is 4.00. The first-order chi connectivity index (χ1) is 10.6. The van der Waals surface area contributed by atoms with Crippen LogP contribution in [0.3, 0.4) is 0 Å². The minimum absolute atomic E-state index is 0.000200. The van der Waals surface area contributed by atoms with Gasteiger partial charge in [-0.25, -0.2) is 0 Å². The lowest BCUT2D eigenvalue weighted by molar-refractivity contribution is -0.125. The second kappa shape index (κ2) is 7.76. The lowest BCUT2D eigenvalue weighted by Gasteiger charge is -2.23. The standard InChI is InChI=1S/C19H24N2O/c1-14(15(2)20)19(22)21-18(17-11-7-4-8-12-17)13-16-9-5-3-6-10-16/h3-12,14-15,18H,13,20H2,1-2H3,(H,21,22). The van der Waals surface area contributed by atoms with Crippen molar-refractivity contribution in [2.75, 3.05) is 0 Å². The van der Waals surface area contributed by atoms with Gasteiger partial charge in [0.25, 0.3) is 0 Å². The van der Waals surface area contributed by atoms with E-state index in [1.807, 2.05) is 62.4 Å². The number of nitrogens with two attached hydrogens (primary N) is 1. The molecule has 0 aliphatic heterocycles. The highest BCUT2D eigenvalue weighted by Gasteiger charge is 2.21. The largest absolute Gasteiger partial charge is 0.349 e. The van der Waals surface area contributed by atoms with Gasteiger partial charge in [-0.3, -0.25) is 4.79 Å². The van der Waals surface area contributed by atoms with E-state index < -0.39 is 0 Å². The van der Waals surface area contributed by atoms with Gasteiger partial charge in [0.2, 0.25) is 5.91 Å². The van der Waals surface area contributed by atoms with Crippen molar-refractivity contribution >= 4 is 5.91 Å². The Bertz CT molecular complexity index is 581. The Hall–Kier alpha value is -2.13. The molecule has 0 heterocycles. The lowest BCUT2D eigenvalue weighted by Crippen LogP contribution is -2.40. The first-order valence-electron chi connectivity index (χ1n) is 7.72. The zero-order valence-electron chi connectivity index (χ0n) is 13.2. The molecule has 3 nitrogen and oxygen atoms in total. The Balaban J connectivity index is 2.17. The minimum Gasteiger partial charge on any atom is -0.349 e. The van der Waals surface area contributed by atoms with Gasteiger partial charge in [0, 0.05) is 12.0 Å². The molecule has 0 aliphatic rings. The number of hydrogen-bond donors (Lipinski definition) is 2. The maximum atomic E-state index is 12.4. The Morgan fingerprint density at radius 2 is 1.55 bits per heavy atom. The zero-order valence-corrected chi connectivity index (χ0v) is 13.2. The Kier molecular flexibility index (Phi) is 5.73. The topological polar surface area (TPSA) is 55.1 Å². The summed E-state index contributed by atoms with van der Waals surface area (Å²) in [6.07, 6.45) is 0.766. The Morgan fingerprint density at radius 3 is 2.09 bits per heavy atom. The average Bonchev–Trinajstić information content (AvgIpc) is 2.55. The van der Waals surface area contributed by atoms with E-state index >= 15 is 0 Å². The van der Waals surface area contributed by atoms with Gasteiger partial charge in [0.15, 0.2) is 0 Å². The Labute approximate surface area is 132 Å². The van der Waals surface area contributed by atoms with Gasteiger partial charge in [-0.1, -0.05) is 67.6 Å². The molecule has 2 rings (SSSR count). The molecule has 3 N–H and O–H groups in total. The summed E-state index contributed by atoms with van der Waals surface area (Å²) in [6, 6.07) is 20.1. The molecule has 0 aromatic heterocycles. The van der Waals surface area contributed by atoms with Gasteiger partial charge >= 0.3 is 0 Å². The quantitative estimate of drug-likeness (QED) is 0.860. The van der Waals surface area contributed by atoms with Crippen molar-refractivity contribution in [1.82, 2.24) is 5.32 Å². The highest BCUT2D eigenvalue weighted by Crippen LogP contribution is 2.19. The average molecular weight is 296 g/mol. The molecule has 3 unspecified atom stereocenters. The van der Waals surface area contributed by atoms with E-state index in [1.54, 1.807) is 0 Å². The van der Waals surface area contributed by atoms with Crippen LogP contribution in [0.5, 0.6) is 0 Å². The first kappa shape index (κ1) is 16.2. The van der Waals surface area contributed by atoms with Crippen molar-refractivity contribution in [2.45, 2.75) is 32.4 Å². The summed E-state index contributed by atoms with van der Waals surface area (Å²) in [7, 11) is 0. The van der Waals surface area contributed by atoms with E-state index in [0.717, 1.165) is 12.0 Å². The van der Waals surface area contributed by atoms with Crippen LogP contribution in [0.15, 0.2) is 60.7 Å². The van der Waals surface area contributed by atoms with E-state index in [0.29, 0.717) is 0 Å². The van der Waals surface area contributed by atoms with Crippen LogP contribution in [0.1, 0.15) is 31.0 Å². The van der Waals surface area contributed by atoms with Crippen molar-refractivity contribution in [3.63, 3.8) is 0 Å². The predicted molar refractivity (Wildman–Crippen MR) is 90.3 cm³/mol. The van der Waals surface area contributed by atoms with Gasteiger partial charge in [-0.05, 0) is 24.5 Å². The molecule has 0 bridgehead atoms. The fourth-order valence-electron chi connectivity index (χ4n) is 2.33. The fraction of sp³-hybridized carbons (Fsp3) is 0.316. The molecule has 1 amide bonds. The molecule has 2 aromatic rings. The summed E-state index contributed by atoms with van der Waals surface area (Å²) in [5, 5.41) is 3.14. The molecule has 22 heavy (non-hydrogen) atoms. The monoisotopic (exact) mass is 296 g/mol. The van der Waals surface area contributed by atoms with Gasteiger partial charge < -0.3 is 11.1 Å². The molecule has 0 saturated heterocycles. The molecule has 0 radical (unpaired) electrons. The number of nitrogens with one attached hydrogen (secondary N) is 1. The molecule has 0 aliphatic carbocycles. The summed E-state index contributed by atoms with van der Waals surface area (Å²) in [5.41, 5.74) is 8.15. The second-order valence-electron chi connectivity index (χ2n) is 5.81. The van der Waals surface area contributed by atoms with E-state index in [4.69, 9.17) is 5.73 Å². The third-order valence-electron chi connectivity index (χ3n) is 4.00. The first-order valence-corrected chi connectivity index (χ1v) is 7.72. The van der Waals surface area contributed by atoms with E-state index in [9.17, 15) is 4.79 Å². The van der Waals surface area contributed by atoms with Crippen LogP contribution in [0.2, 0.25) is 0 Å². The number of rotatable bonds is 6. The molecule has 0 fully saturated rings. The molecule has 3 atom stereocenters. The predicted octanol–water partition coefficient (Wildman–Crippen LogP) is 3.07. The third kappa shape index (κ3) is 4.43. The highest BCUT2D eigenvalue weighted by atomic mass is 16.1. The van der Waals surface area contributed by atoms with Crippen LogP contribution < -0.4 is 11.1 Å². The van der Waals surface area contributed by atoms with E-state index in [1.165, 1.54) is 5.56 Å². The molecule has 116 valence electrons. The maximum absolute atomic E-state index is 12.4. The van der Waals surface area contributed by atoms with Crippen LogP contribution in [-0.2, 0) is 11.2 Å². The van der Waals surface area contributed by atoms with Gasteiger partial charge in [-0.2, -0.15) is 0 Å². The van der Waals surface area contributed by atoms with Gasteiger partial charge in [0.1, 0.15) is 0 Å². The summed E-state index contributed by atoms with van der Waals surface area (Å²) in [4.78, 5) is 12.4. The van der Waals surface area contributed by atoms with Gasteiger partial charge in [-0.15, -0.1) is 0 Å². The van der Waals surface area contributed by atoms with Crippen molar-refractivity contribution in [2.24, 2.45) is 11.7 Å². The molecule has 3 heteroatoms. The van der Waals surface area contributed by atoms with E-state index in [-0.39, 0.29) is 23.9 Å². The van der Waals surface area contributed by atoms with Crippen molar-refractivity contribution in [3.05, 3.63) is 71.8 Å². The van der Waals surface area contributed by atoms with E-state index in [2.05, 4.69) is 17.4 Å². The van der Waals surface area contributed by atoms with Crippen LogP contribution in [0.4, 0.5) is 0 Å². The number of benzene rings is 2. The van der Waals surface area contributed by atoms with Gasteiger partial charge in [0.05, 0.1) is 6.04 Å². The Morgan fingerprint density at radius 1 is 1.00 bits per heavy atom. The summed E-state index contributed by atoms with van der Waals surface area (Å²) >= 11 is 0. The molecule has 2 aromatic carbocycles. The maximum Gasteiger partial charge on any atom is 0.224 e. The molecular formula is C19H24N2O. The summed E-state index contributed by atoms with van der Waals surface area (Å²) in [5.74, 6) is -0.207. The normalized spacial score (nSPS) is 14.9. The van der Waals surface area contributed by atoms with Crippen molar-refractivity contribution in [1.29, 1.82) is 0 Å². The number of carbonyl (C=O) groups excluding carboxylic acids is 1. The van der Waals surface area contributed by atoms with Crippen LogP contribution in [0.25, 0.3) is 0 Å². The van der Waals surface area contributed by atoms with Crippen LogP contribution in [-0.4, -0.2) is 11.9 Å². The molecular weight excluding hydrogens is 272 g/mol.